The van der Waals surface area contributed by atoms with Gasteiger partial charge in [-0.1, -0.05) is 134 Å². The molecular formula is C36H53FO2. The third kappa shape index (κ3) is 9.47. The monoisotopic (exact) mass is 536 g/mol. The van der Waals surface area contributed by atoms with Crippen LogP contribution in [0.4, 0.5) is 4.39 Å². The van der Waals surface area contributed by atoms with Gasteiger partial charge < -0.3 is 5.11 Å². The summed E-state index contributed by atoms with van der Waals surface area (Å²) in [7, 11) is 0. The summed E-state index contributed by atoms with van der Waals surface area (Å²) in [4.78, 5) is 12.5. The van der Waals surface area contributed by atoms with Crippen LogP contribution >= 0.6 is 0 Å². The minimum Gasteiger partial charge on any atom is -0.481 e. The fraction of sp³-hybridized carbons (Fsp3) is 0.639. The van der Waals surface area contributed by atoms with Gasteiger partial charge in [0.05, 0.1) is 5.41 Å². The van der Waals surface area contributed by atoms with Gasteiger partial charge in [0.25, 0.3) is 0 Å². The van der Waals surface area contributed by atoms with E-state index >= 15 is 0 Å². The summed E-state index contributed by atoms with van der Waals surface area (Å²) in [5, 5.41) is 10.3. The molecule has 1 saturated carbocycles. The van der Waals surface area contributed by atoms with Gasteiger partial charge in [0.2, 0.25) is 0 Å². The van der Waals surface area contributed by atoms with Gasteiger partial charge in [0.15, 0.2) is 0 Å². The summed E-state index contributed by atoms with van der Waals surface area (Å²) in [5.41, 5.74) is 2.69. The molecule has 0 aliphatic heterocycles. The average Bonchev–Trinajstić information content (AvgIpc) is 2.95. The topological polar surface area (TPSA) is 37.3 Å². The number of aliphatic carboxylic acids is 1. The van der Waals surface area contributed by atoms with Gasteiger partial charge in [-0.25, -0.2) is 4.39 Å². The number of hydrogen-bond acceptors (Lipinski definition) is 1. The lowest BCUT2D eigenvalue weighted by Gasteiger charge is -2.37. The zero-order valence-electron chi connectivity index (χ0n) is 24.8. The molecule has 0 unspecified atom stereocenters. The average molecular weight is 537 g/mol. The lowest BCUT2D eigenvalue weighted by atomic mass is 9.66. The van der Waals surface area contributed by atoms with Gasteiger partial charge in [0.1, 0.15) is 5.82 Å². The molecule has 0 saturated heterocycles. The van der Waals surface area contributed by atoms with Crippen LogP contribution in [0.3, 0.4) is 0 Å². The predicted molar refractivity (Wildman–Crippen MR) is 163 cm³/mol. The Balaban J connectivity index is 1.51. The van der Waals surface area contributed by atoms with Crippen LogP contribution in [0, 0.1) is 11.7 Å². The second kappa shape index (κ2) is 16.8. The van der Waals surface area contributed by atoms with E-state index in [1.807, 2.05) is 36.4 Å². The molecule has 0 radical (unpaired) electrons. The highest BCUT2D eigenvalue weighted by molar-refractivity contribution is 5.82. The van der Waals surface area contributed by atoms with E-state index in [0.29, 0.717) is 18.8 Å². The molecule has 1 aliphatic rings. The van der Waals surface area contributed by atoms with Crippen molar-refractivity contribution in [2.24, 2.45) is 5.92 Å². The molecule has 0 heterocycles. The first kappa shape index (κ1) is 31.4. The second-order valence-electron chi connectivity index (χ2n) is 12.1. The Morgan fingerprint density at radius 2 is 1.31 bits per heavy atom. The molecule has 3 rings (SSSR count). The molecule has 1 fully saturated rings. The van der Waals surface area contributed by atoms with Crippen molar-refractivity contribution in [2.45, 2.75) is 141 Å². The van der Waals surface area contributed by atoms with Gasteiger partial charge >= 0.3 is 5.97 Å². The molecule has 1 N–H and O–H groups in total. The Morgan fingerprint density at radius 3 is 1.87 bits per heavy atom. The van der Waals surface area contributed by atoms with Crippen LogP contribution in [0.25, 0.3) is 11.1 Å². The van der Waals surface area contributed by atoms with E-state index in [2.05, 4.69) is 13.8 Å². The quantitative estimate of drug-likeness (QED) is 0.192. The minimum absolute atomic E-state index is 0.135. The van der Waals surface area contributed by atoms with Crippen LogP contribution in [0.15, 0.2) is 42.5 Å². The van der Waals surface area contributed by atoms with Crippen molar-refractivity contribution in [1.82, 2.24) is 0 Å². The number of hydrogen-bond donors (Lipinski definition) is 1. The van der Waals surface area contributed by atoms with Crippen LogP contribution in [0.2, 0.25) is 0 Å². The van der Waals surface area contributed by atoms with E-state index in [1.54, 1.807) is 6.07 Å². The van der Waals surface area contributed by atoms with Gasteiger partial charge in [-0.15, -0.1) is 0 Å². The summed E-state index contributed by atoms with van der Waals surface area (Å²) in [6.45, 7) is 4.47. The van der Waals surface area contributed by atoms with Crippen LogP contribution in [0.1, 0.15) is 141 Å². The maximum atomic E-state index is 14.8. The van der Waals surface area contributed by atoms with Crippen LogP contribution in [0.5, 0.6) is 0 Å². The van der Waals surface area contributed by atoms with Crippen molar-refractivity contribution in [2.75, 3.05) is 0 Å². The van der Waals surface area contributed by atoms with Crippen molar-refractivity contribution in [3.05, 3.63) is 59.4 Å². The Bertz CT molecular complexity index is 972. The van der Waals surface area contributed by atoms with Crippen molar-refractivity contribution in [3.63, 3.8) is 0 Å². The third-order valence-electron chi connectivity index (χ3n) is 9.21. The molecule has 0 spiro atoms. The van der Waals surface area contributed by atoms with Crippen molar-refractivity contribution >= 4 is 5.97 Å². The van der Waals surface area contributed by atoms with E-state index in [1.165, 1.54) is 77.0 Å². The van der Waals surface area contributed by atoms with Crippen LogP contribution < -0.4 is 0 Å². The van der Waals surface area contributed by atoms with E-state index in [0.717, 1.165) is 54.4 Å². The molecule has 2 aromatic carbocycles. The predicted octanol–water partition coefficient (Wildman–Crippen LogP) is 11.0. The van der Waals surface area contributed by atoms with Crippen LogP contribution in [-0.4, -0.2) is 11.1 Å². The fourth-order valence-electron chi connectivity index (χ4n) is 6.48. The number of halogens is 1. The van der Waals surface area contributed by atoms with Crippen LogP contribution in [-0.2, 0) is 16.6 Å². The first-order valence-corrected chi connectivity index (χ1v) is 16.1. The van der Waals surface area contributed by atoms with Gasteiger partial charge in [0, 0.05) is 0 Å². The Labute approximate surface area is 237 Å². The third-order valence-corrected chi connectivity index (χ3v) is 9.21. The molecule has 216 valence electrons. The first-order chi connectivity index (χ1) is 19.0. The lowest BCUT2D eigenvalue weighted by molar-refractivity contribution is -0.145. The smallest absolute Gasteiger partial charge is 0.314 e. The molecule has 2 nitrogen and oxygen atoms in total. The highest BCUT2D eigenvalue weighted by atomic mass is 19.1. The Morgan fingerprint density at radius 1 is 0.769 bits per heavy atom. The van der Waals surface area contributed by atoms with Gasteiger partial charge in [-0.2, -0.15) is 0 Å². The van der Waals surface area contributed by atoms with E-state index in [9.17, 15) is 14.3 Å². The maximum Gasteiger partial charge on any atom is 0.314 e. The highest BCUT2D eigenvalue weighted by Gasteiger charge is 2.43. The molecule has 1 aliphatic carbocycles. The van der Waals surface area contributed by atoms with Gasteiger partial charge in [-0.05, 0) is 72.8 Å². The van der Waals surface area contributed by atoms with E-state index < -0.39 is 11.4 Å². The lowest BCUT2D eigenvalue weighted by Crippen LogP contribution is -2.39. The SMILES string of the molecule is CCCCCCCCCCC1CCC(C(=O)O)(c2ccc(-c3ccc(CCCCCCC)c(F)c3)cc2)CC1. The maximum absolute atomic E-state index is 14.8. The van der Waals surface area contributed by atoms with Gasteiger partial charge in [-0.3, -0.25) is 4.79 Å². The number of carbonyl (C=O) groups is 1. The summed E-state index contributed by atoms with van der Waals surface area (Å²) in [6, 6.07) is 13.5. The zero-order valence-corrected chi connectivity index (χ0v) is 24.8. The van der Waals surface area contributed by atoms with Crippen molar-refractivity contribution in [3.8, 4) is 11.1 Å². The molecule has 0 bridgehead atoms. The number of carboxylic acids is 1. The standard InChI is InChI=1S/C36H53FO2/c1-3-5-7-9-10-11-13-14-16-29-24-26-36(27-25-29,35(38)39)33-22-20-30(21-23-33)32-19-18-31(34(37)28-32)17-15-12-8-6-4-2/h18-23,28-29H,3-17,24-27H2,1-2H3,(H,38,39). The molecule has 3 heteroatoms. The summed E-state index contributed by atoms with van der Waals surface area (Å²) >= 11 is 0. The van der Waals surface area contributed by atoms with Crippen molar-refractivity contribution < 1.29 is 14.3 Å². The number of aryl methyl sites for hydroxylation is 1. The number of rotatable bonds is 18. The fourth-order valence-corrected chi connectivity index (χ4v) is 6.48. The van der Waals surface area contributed by atoms with Crippen molar-refractivity contribution in [1.29, 1.82) is 0 Å². The molecule has 0 amide bonds. The second-order valence-corrected chi connectivity index (χ2v) is 12.1. The number of benzene rings is 2. The summed E-state index contributed by atoms with van der Waals surface area (Å²) < 4.78 is 14.8. The van der Waals surface area contributed by atoms with E-state index in [-0.39, 0.29) is 5.82 Å². The largest absolute Gasteiger partial charge is 0.481 e. The zero-order chi connectivity index (χ0) is 27.9. The molecule has 0 atom stereocenters. The normalized spacial score (nSPS) is 19.3. The first-order valence-electron chi connectivity index (χ1n) is 16.1. The Hall–Kier alpha value is -2.16. The molecular weight excluding hydrogens is 483 g/mol. The highest BCUT2D eigenvalue weighted by Crippen LogP contribution is 2.44. The molecule has 0 aromatic heterocycles. The number of unbranched alkanes of at least 4 members (excludes halogenated alkanes) is 11. The summed E-state index contributed by atoms with van der Waals surface area (Å²) in [6.07, 6.45) is 22.0. The number of carboxylic acid groups (broad SMARTS) is 1. The summed E-state index contributed by atoms with van der Waals surface area (Å²) in [5.74, 6) is -0.177. The molecule has 2 aromatic rings. The minimum atomic E-state index is -0.790. The Kier molecular flexibility index (Phi) is 13.5. The molecule has 39 heavy (non-hydrogen) atoms. The van der Waals surface area contributed by atoms with E-state index in [4.69, 9.17) is 0 Å².